The molecule has 0 aromatic heterocycles. The van der Waals surface area contributed by atoms with E-state index >= 15 is 0 Å². The smallest absolute Gasteiger partial charge is 0.415 e. The topological polar surface area (TPSA) is 49.8 Å². The fourth-order valence-electron chi connectivity index (χ4n) is 3.08. The van der Waals surface area contributed by atoms with Crippen LogP contribution < -0.4 is 4.90 Å². The molecule has 0 fully saturated rings. The lowest BCUT2D eigenvalue weighted by molar-refractivity contribution is 0.0520. The van der Waals surface area contributed by atoms with Crippen LogP contribution >= 0.6 is 0 Å². The summed E-state index contributed by atoms with van der Waals surface area (Å²) < 4.78 is 5.57. The molecule has 3 rings (SSSR count). The van der Waals surface area contributed by atoms with Crippen LogP contribution in [0.15, 0.2) is 54.6 Å². The van der Waals surface area contributed by atoms with Gasteiger partial charge in [-0.25, -0.2) is 4.79 Å². The molecule has 1 N–H and O–H groups in total. The van der Waals surface area contributed by atoms with E-state index in [0.717, 1.165) is 16.8 Å². The number of fused-ring (bicyclic) bond motifs is 1. The number of aliphatic hydroxyl groups excluding tert-OH is 1. The zero-order valence-electron chi connectivity index (χ0n) is 14.3. The first-order chi connectivity index (χ1) is 11.4. The average Bonchev–Trinajstić information content (AvgIpc) is 2.93. The molecule has 0 bridgehead atoms. The maximum absolute atomic E-state index is 12.8. The number of hydrogen-bond acceptors (Lipinski definition) is 3. The molecule has 1 unspecified atom stereocenters. The van der Waals surface area contributed by atoms with Crippen LogP contribution in [0.3, 0.4) is 0 Å². The Morgan fingerprint density at radius 3 is 2.42 bits per heavy atom. The van der Waals surface area contributed by atoms with Gasteiger partial charge >= 0.3 is 6.09 Å². The fourth-order valence-corrected chi connectivity index (χ4v) is 3.08. The first kappa shape index (κ1) is 16.5. The quantitative estimate of drug-likeness (QED) is 0.905. The van der Waals surface area contributed by atoms with Crippen LogP contribution in [0.2, 0.25) is 0 Å². The molecule has 2 aromatic carbocycles. The molecule has 4 heteroatoms. The lowest BCUT2D eigenvalue weighted by Crippen LogP contribution is -2.44. The van der Waals surface area contributed by atoms with E-state index < -0.39 is 17.8 Å². The number of para-hydroxylation sites is 1. The molecule has 0 saturated carbocycles. The molecule has 4 nitrogen and oxygen atoms in total. The molecule has 0 spiro atoms. The zero-order valence-corrected chi connectivity index (χ0v) is 14.3. The van der Waals surface area contributed by atoms with Gasteiger partial charge in [0, 0.05) is 0 Å². The second-order valence-electron chi connectivity index (χ2n) is 7.11. The van der Waals surface area contributed by atoms with Gasteiger partial charge in [-0.15, -0.1) is 0 Å². The van der Waals surface area contributed by atoms with E-state index in [0.29, 0.717) is 6.42 Å². The molecule has 0 radical (unpaired) electrons. The first-order valence-corrected chi connectivity index (χ1v) is 8.20. The highest BCUT2D eigenvalue weighted by molar-refractivity contribution is 5.91. The number of carbonyl (C=O) groups is 1. The molecule has 1 aliphatic rings. The van der Waals surface area contributed by atoms with Crippen LogP contribution in [-0.4, -0.2) is 22.8 Å². The molecule has 1 amide bonds. The predicted octanol–water partition coefficient (Wildman–Crippen LogP) is 4.09. The van der Waals surface area contributed by atoms with Crippen molar-refractivity contribution in [2.75, 3.05) is 4.90 Å². The summed E-state index contributed by atoms with van der Waals surface area (Å²) in [5.74, 6) is 0. The maximum Gasteiger partial charge on any atom is 0.415 e. The van der Waals surface area contributed by atoms with Gasteiger partial charge in [-0.2, -0.15) is 0 Å². The predicted molar refractivity (Wildman–Crippen MR) is 94.0 cm³/mol. The molecule has 2 atom stereocenters. The minimum atomic E-state index is -0.772. The Morgan fingerprint density at radius 2 is 1.75 bits per heavy atom. The van der Waals surface area contributed by atoms with Gasteiger partial charge < -0.3 is 9.84 Å². The number of ether oxygens (including phenoxy) is 1. The third-order valence-corrected chi connectivity index (χ3v) is 4.11. The van der Waals surface area contributed by atoms with E-state index in [2.05, 4.69) is 0 Å². The largest absolute Gasteiger partial charge is 0.443 e. The molecule has 126 valence electrons. The summed E-state index contributed by atoms with van der Waals surface area (Å²) in [5, 5.41) is 10.9. The number of benzene rings is 2. The van der Waals surface area contributed by atoms with Crippen molar-refractivity contribution >= 4 is 11.8 Å². The number of carbonyl (C=O) groups excluding carboxylic acids is 1. The first-order valence-electron chi connectivity index (χ1n) is 8.20. The van der Waals surface area contributed by atoms with Gasteiger partial charge in [-0.05, 0) is 44.4 Å². The van der Waals surface area contributed by atoms with Crippen molar-refractivity contribution in [3.8, 4) is 0 Å². The summed E-state index contributed by atoms with van der Waals surface area (Å²) in [5.41, 5.74) is 2.07. The second-order valence-corrected chi connectivity index (χ2v) is 7.11. The lowest BCUT2D eigenvalue weighted by atomic mass is 9.99. The fraction of sp³-hybridized carbons (Fsp3) is 0.350. The SMILES string of the molecule is CC(C)(C)OC(=O)N1c2ccccc2C[C@@H]1C(O)c1ccccc1. The lowest BCUT2D eigenvalue weighted by Gasteiger charge is -2.31. The Kier molecular flexibility index (Phi) is 4.33. The highest BCUT2D eigenvalue weighted by atomic mass is 16.6. The molecule has 2 aromatic rings. The highest BCUT2D eigenvalue weighted by Crippen LogP contribution is 2.38. The maximum atomic E-state index is 12.8. The second kappa shape index (κ2) is 6.29. The summed E-state index contributed by atoms with van der Waals surface area (Å²) in [7, 11) is 0. The van der Waals surface area contributed by atoms with Crippen LogP contribution in [-0.2, 0) is 11.2 Å². The van der Waals surface area contributed by atoms with Crippen LogP contribution in [0, 0.1) is 0 Å². The third-order valence-electron chi connectivity index (χ3n) is 4.11. The van der Waals surface area contributed by atoms with E-state index in [1.165, 1.54) is 0 Å². The van der Waals surface area contributed by atoms with Gasteiger partial charge in [0.05, 0.1) is 11.7 Å². The number of rotatable bonds is 2. The summed E-state index contributed by atoms with van der Waals surface area (Å²) in [4.78, 5) is 14.4. The molecular weight excluding hydrogens is 302 g/mol. The van der Waals surface area contributed by atoms with E-state index in [-0.39, 0.29) is 6.04 Å². The van der Waals surface area contributed by atoms with Gasteiger partial charge in [-0.1, -0.05) is 48.5 Å². The number of hydrogen-bond donors (Lipinski definition) is 1. The van der Waals surface area contributed by atoms with Crippen molar-refractivity contribution in [1.29, 1.82) is 0 Å². The highest BCUT2D eigenvalue weighted by Gasteiger charge is 2.40. The van der Waals surface area contributed by atoms with Gasteiger partial charge in [0.2, 0.25) is 0 Å². The summed E-state index contributed by atoms with van der Waals surface area (Å²) in [6.07, 6.45) is -0.593. The van der Waals surface area contributed by atoms with Crippen molar-refractivity contribution in [3.63, 3.8) is 0 Å². The normalized spacial score (nSPS) is 18.2. The Morgan fingerprint density at radius 1 is 1.12 bits per heavy atom. The average molecular weight is 325 g/mol. The van der Waals surface area contributed by atoms with Crippen LogP contribution in [0.25, 0.3) is 0 Å². The van der Waals surface area contributed by atoms with Crippen molar-refractivity contribution in [2.24, 2.45) is 0 Å². The number of nitrogens with zero attached hydrogens (tertiary/aromatic N) is 1. The molecule has 1 aliphatic heterocycles. The van der Waals surface area contributed by atoms with Gasteiger partial charge in [0.25, 0.3) is 0 Å². The number of amides is 1. The van der Waals surface area contributed by atoms with Gasteiger partial charge in [-0.3, -0.25) is 4.90 Å². The van der Waals surface area contributed by atoms with Crippen molar-refractivity contribution in [1.82, 2.24) is 0 Å². The van der Waals surface area contributed by atoms with E-state index in [1.54, 1.807) is 4.90 Å². The van der Waals surface area contributed by atoms with Crippen LogP contribution in [0.5, 0.6) is 0 Å². The number of anilines is 1. The van der Waals surface area contributed by atoms with Gasteiger partial charge in [0.1, 0.15) is 11.7 Å². The minimum absolute atomic E-state index is 0.375. The Labute approximate surface area is 142 Å². The Bertz CT molecular complexity index is 721. The number of aliphatic hydroxyl groups is 1. The molecular formula is C20H23NO3. The van der Waals surface area contributed by atoms with Crippen molar-refractivity contribution in [2.45, 2.75) is 44.9 Å². The van der Waals surface area contributed by atoms with Crippen molar-refractivity contribution < 1.29 is 14.6 Å². The van der Waals surface area contributed by atoms with E-state index in [1.807, 2.05) is 75.4 Å². The monoisotopic (exact) mass is 325 g/mol. The summed E-state index contributed by atoms with van der Waals surface area (Å²) in [6.45, 7) is 5.53. The zero-order chi connectivity index (χ0) is 17.3. The standard InChI is InChI=1S/C20H23NO3/c1-20(2,3)24-19(23)21-16-12-8-7-11-15(16)13-17(21)18(22)14-9-5-4-6-10-14/h4-12,17-18,22H,13H2,1-3H3/t17-,18?/m1/s1. The molecule has 0 aliphatic carbocycles. The van der Waals surface area contributed by atoms with Crippen LogP contribution in [0.1, 0.15) is 38.0 Å². The minimum Gasteiger partial charge on any atom is -0.443 e. The molecule has 1 heterocycles. The summed E-state index contributed by atoms with van der Waals surface area (Å²) >= 11 is 0. The molecule has 24 heavy (non-hydrogen) atoms. The van der Waals surface area contributed by atoms with Crippen molar-refractivity contribution in [3.05, 3.63) is 65.7 Å². The summed E-state index contributed by atoms with van der Waals surface area (Å²) in [6, 6.07) is 16.8. The van der Waals surface area contributed by atoms with Crippen LogP contribution in [0.4, 0.5) is 10.5 Å². The Hall–Kier alpha value is -2.33. The molecule has 0 saturated heterocycles. The van der Waals surface area contributed by atoms with E-state index in [4.69, 9.17) is 4.74 Å². The van der Waals surface area contributed by atoms with E-state index in [9.17, 15) is 9.90 Å². The Balaban J connectivity index is 1.95. The third kappa shape index (κ3) is 3.29. The van der Waals surface area contributed by atoms with Gasteiger partial charge in [0.15, 0.2) is 0 Å².